The SMILES string of the molecule is CC(C)(C)c1ccc(N=[N+]([O-])c2ccc(C(C)(C)C)cc2)cc1. The molecule has 0 aromatic heterocycles. The molecule has 0 aliphatic carbocycles. The van der Waals surface area contributed by atoms with Crippen LogP contribution in [0.5, 0.6) is 0 Å². The van der Waals surface area contributed by atoms with Gasteiger partial charge in [-0.05, 0) is 34.1 Å². The number of nitrogens with zero attached hydrogens (tertiary/aromatic N) is 2. The van der Waals surface area contributed by atoms with Crippen molar-refractivity contribution in [3.8, 4) is 0 Å². The van der Waals surface area contributed by atoms with E-state index in [1.54, 1.807) is 0 Å². The van der Waals surface area contributed by atoms with Crippen molar-refractivity contribution >= 4 is 11.4 Å². The van der Waals surface area contributed by atoms with E-state index in [4.69, 9.17) is 0 Å². The van der Waals surface area contributed by atoms with E-state index in [0.717, 1.165) is 0 Å². The number of azo groups is 1. The Morgan fingerprint density at radius 2 is 1.09 bits per heavy atom. The zero-order valence-electron chi connectivity index (χ0n) is 14.9. The van der Waals surface area contributed by atoms with Gasteiger partial charge in [0.1, 0.15) is 5.69 Å². The lowest BCUT2D eigenvalue weighted by Gasteiger charge is -2.18. The number of hydrogen-bond donors (Lipinski definition) is 0. The molecular formula is C20H26N2O. The van der Waals surface area contributed by atoms with Crippen molar-refractivity contribution in [2.24, 2.45) is 5.11 Å². The van der Waals surface area contributed by atoms with Crippen molar-refractivity contribution < 1.29 is 4.86 Å². The van der Waals surface area contributed by atoms with Gasteiger partial charge in [-0.1, -0.05) is 70.7 Å². The van der Waals surface area contributed by atoms with E-state index < -0.39 is 0 Å². The molecule has 0 amide bonds. The molecule has 0 saturated heterocycles. The van der Waals surface area contributed by atoms with Gasteiger partial charge < -0.3 is 5.21 Å². The van der Waals surface area contributed by atoms with Crippen LogP contribution in [0.15, 0.2) is 53.6 Å². The Morgan fingerprint density at radius 3 is 1.48 bits per heavy atom. The zero-order chi connectivity index (χ0) is 17.3. The molecule has 2 aromatic rings. The van der Waals surface area contributed by atoms with Crippen molar-refractivity contribution in [2.75, 3.05) is 0 Å². The first-order valence-electron chi connectivity index (χ1n) is 7.97. The Hall–Kier alpha value is -2.16. The normalized spacial score (nSPS) is 13.2. The third-order valence-corrected chi connectivity index (χ3v) is 3.89. The Bertz CT molecular complexity index is 684. The lowest BCUT2D eigenvalue weighted by atomic mass is 9.87. The van der Waals surface area contributed by atoms with Crippen LogP contribution in [0.1, 0.15) is 52.7 Å². The third kappa shape index (κ3) is 4.41. The van der Waals surface area contributed by atoms with Crippen LogP contribution < -0.4 is 0 Å². The molecule has 0 aliphatic rings. The molecule has 3 nitrogen and oxygen atoms in total. The van der Waals surface area contributed by atoms with Gasteiger partial charge in [0.2, 0.25) is 5.69 Å². The lowest BCUT2D eigenvalue weighted by molar-refractivity contribution is -0.435. The summed E-state index contributed by atoms with van der Waals surface area (Å²) in [6, 6.07) is 15.4. The predicted octanol–water partition coefficient (Wildman–Crippen LogP) is 6.21. The van der Waals surface area contributed by atoms with Crippen LogP contribution in [-0.4, -0.2) is 4.86 Å². The summed E-state index contributed by atoms with van der Waals surface area (Å²) < 4.78 is 0. The fourth-order valence-corrected chi connectivity index (χ4v) is 2.28. The van der Waals surface area contributed by atoms with Crippen molar-refractivity contribution in [3.05, 3.63) is 64.9 Å². The van der Waals surface area contributed by atoms with Crippen molar-refractivity contribution in [1.29, 1.82) is 0 Å². The Kier molecular flexibility index (Phi) is 4.60. The highest BCUT2D eigenvalue weighted by Crippen LogP contribution is 2.27. The number of rotatable bonds is 2. The maximum Gasteiger partial charge on any atom is 0.244 e. The third-order valence-electron chi connectivity index (χ3n) is 3.89. The van der Waals surface area contributed by atoms with Crippen LogP contribution in [0.4, 0.5) is 11.4 Å². The van der Waals surface area contributed by atoms with E-state index in [0.29, 0.717) is 16.2 Å². The van der Waals surface area contributed by atoms with Crippen LogP contribution in [0.3, 0.4) is 0 Å². The van der Waals surface area contributed by atoms with Crippen molar-refractivity contribution in [1.82, 2.24) is 0 Å². The highest BCUT2D eigenvalue weighted by molar-refractivity contribution is 5.40. The minimum absolute atomic E-state index is 0.0756. The Labute approximate surface area is 139 Å². The Morgan fingerprint density at radius 1 is 0.696 bits per heavy atom. The summed E-state index contributed by atoms with van der Waals surface area (Å²) in [6.07, 6.45) is 0. The van der Waals surface area contributed by atoms with E-state index in [9.17, 15) is 5.21 Å². The molecule has 2 aromatic carbocycles. The average Bonchev–Trinajstić information content (AvgIpc) is 2.46. The van der Waals surface area contributed by atoms with Crippen LogP contribution in [0.25, 0.3) is 0 Å². The molecule has 0 unspecified atom stereocenters. The van der Waals surface area contributed by atoms with Gasteiger partial charge in [0, 0.05) is 17.2 Å². The van der Waals surface area contributed by atoms with E-state index in [1.165, 1.54) is 11.1 Å². The van der Waals surface area contributed by atoms with E-state index in [-0.39, 0.29) is 10.8 Å². The molecule has 23 heavy (non-hydrogen) atoms. The highest BCUT2D eigenvalue weighted by atomic mass is 16.5. The molecule has 3 heteroatoms. The summed E-state index contributed by atoms with van der Waals surface area (Å²) >= 11 is 0. The van der Waals surface area contributed by atoms with Crippen LogP contribution in [0.2, 0.25) is 0 Å². The monoisotopic (exact) mass is 310 g/mol. The van der Waals surface area contributed by atoms with Crippen molar-refractivity contribution in [3.63, 3.8) is 0 Å². The van der Waals surface area contributed by atoms with E-state index >= 15 is 0 Å². The summed E-state index contributed by atoms with van der Waals surface area (Å²) in [7, 11) is 0. The molecule has 2 rings (SSSR count). The molecule has 0 bridgehead atoms. The van der Waals surface area contributed by atoms with Gasteiger partial charge in [-0.25, -0.2) is 0 Å². The molecule has 0 fully saturated rings. The summed E-state index contributed by atoms with van der Waals surface area (Å²) in [5, 5.41) is 16.3. The van der Waals surface area contributed by atoms with Gasteiger partial charge >= 0.3 is 0 Å². The van der Waals surface area contributed by atoms with Gasteiger partial charge in [0.15, 0.2) is 0 Å². The van der Waals surface area contributed by atoms with Gasteiger partial charge in [0.25, 0.3) is 0 Å². The Balaban J connectivity index is 2.22. The molecular weight excluding hydrogens is 284 g/mol. The van der Waals surface area contributed by atoms with Gasteiger partial charge in [0.05, 0.1) is 0 Å². The maximum atomic E-state index is 12.2. The topological polar surface area (TPSA) is 38.4 Å². The molecule has 0 saturated carbocycles. The molecule has 0 heterocycles. The first-order valence-corrected chi connectivity index (χ1v) is 7.97. The van der Waals surface area contributed by atoms with Gasteiger partial charge in [-0.3, -0.25) is 0 Å². The smallest absolute Gasteiger partial charge is 0.244 e. The quantitative estimate of drug-likeness (QED) is 0.369. The summed E-state index contributed by atoms with van der Waals surface area (Å²) in [5.41, 5.74) is 3.79. The standard InChI is InChI=1S/C20H26N2O/c1-19(2,3)15-7-11-17(12-8-15)21-22(23)18-13-9-16(10-14-18)20(4,5)6/h7-14H,1-6H3. The van der Waals surface area contributed by atoms with E-state index in [1.807, 2.05) is 48.5 Å². The largest absolute Gasteiger partial charge is 0.594 e. The minimum Gasteiger partial charge on any atom is -0.594 e. The van der Waals surface area contributed by atoms with Gasteiger partial charge in [-0.2, -0.15) is 0 Å². The fourth-order valence-electron chi connectivity index (χ4n) is 2.28. The first-order chi connectivity index (χ1) is 10.6. The van der Waals surface area contributed by atoms with Crippen LogP contribution >= 0.6 is 0 Å². The second-order valence-electron chi connectivity index (χ2n) is 7.97. The highest BCUT2D eigenvalue weighted by Gasteiger charge is 2.15. The zero-order valence-corrected chi connectivity index (χ0v) is 14.9. The number of hydrogen-bond acceptors (Lipinski definition) is 2. The molecule has 0 radical (unpaired) electrons. The van der Waals surface area contributed by atoms with E-state index in [2.05, 4.69) is 46.7 Å². The summed E-state index contributed by atoms with van der Waals surface area (Å²) in [4.78, 5) is 0.679. The second-order valence-corrected chi connectivity index (χ2v) is 7.97. The van der Waals surface area contributed by atoms with Crippen LogP contribution in [0, 0.1) is 5.21 Å². The second kappa shape index (κ2) is 6.15. The van der Waals surface area contributed by atoms with Crippen LogP contribution in [-0.2, 0) is 10.8 Å². The minimum atomic E-state index is 0.0756. The first kappa shape index (κ1) is 17.2. The predicted molar refractivity (Wildman–Crippen MR) is 95.7 cm³/mol. The molecule has 122 valence electrons. The molecule has 0 spiro atoms. The molecule has 0 atom stereocenters. The van der Waals surface area contributed by atoms with Crippen molar-refractivity contribution in [2.45, 2.75) is 52.4 Å². The molecule has 0 N–H and O–H groups in total. The fraction of sp³-hybridized carbons (Fsp3) is 0.400. The molecule has 0 aliphatic heterocycles. The summed E-state index contributed by atoms with van der Waals surface area (Å²) in [6.45, 7) is 12.9. The number of benzene rings is 2. The van der Waals surface area contributed by atoms with Gasteiger partial charge in [-0.15, -0.1) is 0 Å². The maximum absolute atomic E-state index is 12.2. The summed E-state index contributed by atoms with van der Waals surface area (Å²) in [5.74, 6) is 0. The average molecular weight is 310 g/mol. The lowest BCUT2D eigenvalue weighted by Crippen LogP contribution is -2.10.